The Morgan fingerprint density at radius 3 is 2.80 bits per heavy atom. The van der Waals surface area contributed by atoms with Crippen LogP contribution in [0.3, 0.4) is 0 Å². The van der Waals surface area contributed by atoms with E-state index < -0.39 is 0 Å². The number of nitrogens with one attached hydrogen (secondary N) is 1. The van der Waals surface area contributed by atoms with Crippen LogP contribution in [0, 0.1) is 5.92 Å². The van der Waals surface area contributed by atoms with Crippen LogP contribution in [0.1, 0.15) is 26.3 Å². The van der Waals surface area contributed by atoms with Crippen LogP contribution >= 0.6 is 11.6 Å². The second kappa shape index (κ2) is 9.16. The summed E-state index contributed by atoms with van der Waals surface area (Å²) in [6.07, 6.45) is 1.73. The van der Waals surface area contributed by atoms with Gasteiger partial charge in [0.25, 0.3) is 0 Å². The Bertz CT molecular complexity index is 399. The molecule has 1 aromatic rings. The van der Waals surface area contributed by atoms with Gasteiger partial charge in [-0.25, -0.2) is 4.98 Å². The minimum absolute atomic E-state index is 0.629. The first kappa shape index (κ1) is 17.2. The number of nitrogens with zero attached hydrogens (tertiary/aromatic N) is 2. The monoisotopic (exact) mass is 299 g/mol. The molecule has 114 valence electrons. The van der Waals surface area contributed by atoms with Gasteiger partial charge >= 0.3 is 0 Å². The van der Waals surface area contributed by atoms with Gasteiger partial charge in [0.15, 0.2) is 0 Å². The topological polar surface area (TPSA) is 37.4 Å². The molecule has 1 rings (SSSR count). The summed E-state index contributed by atoms with van der Waals surface area (Å²) in [7, 11) is 1.71. The third-order valence-electron chi connectivity index (χ3n) is 3.06. The molecule has 0 aliphatic heterocycles. The van der Waals surface area contributed by atoms with Gasteiger partial charge in [-0.2, -0.15) is 0 Å². The molecule has 0 aliphatic rings. The molecule has 4 nitrogen and oxygen atoms in total. The number of pyridine rings is 1. The largest absolute Gasteiger partial charge is 0.383 e. The highest BCUT2D eigenvalue weighted by Gasteiger charge is 2.09. The van der Waals surface area contributed by atoms with Crippen molar-refractivity contribution in [3.63, 3.8) is 0 Å². The molecule has 0 amide bonds. The second-order valence-electron chi connectivity index (χ2n) is 5.23. The Hall–Kier alpha value is -0.840. The van der Waals surface area contributed by atoms with E-state index in [4.69, 9.17) is 16.3 Å². The van der Waals surface area contributed by atoms with E-state index in [1.165, 1.54) is 0 Å². The molecule has 1 N–H and O–H groups in total. The molecule has 0 saturated heterocycles. The fourth-order valence-electron chi connectivity index (χ4n) is 1.91. The van der Waals surface area contributed by atoms with E-state index in [9.17, 15) is 0 Å². The molecule has 0 fully saturated rings. The zero-order valence-electron chi connectivity index (χ0n) is 12.9. The van der Waals surface area contributed by atoms with E-state index in [1.54, 1.807) is 13.3 Å². The lowest BCUT2D eigenvalue weighted by atomic mass is 10.2. The minimum Gasteiger partial charge on any atom is -0.383 e. The van der Waals surface area contributed by atoms with Crippen LogP contribution in [-0.2, 0) is 11.3 Å². The highest BCUT2D eigenvalue weighted by atomic mass is 35.5. The van der Waals surface area contributed by atoms with Crippen LogP contribution in [0.2, 0.25) is 5.02 Å². The minimum atomic E-state index is 0.629. The predicted octanol–water partition coefficient (Wildman–Crippen LogP) is 2.95. The summed E-state index contributed by atoms with van der Waals surface area (Å²) in [4.78, 5) is 6.60. The molecule has 0 aromatic carbocycles. The normalized spacial score (nSPS) is 11.1. The van der Waals surface area contributed by atoms with Crippen LogP contribution in [0.25, 0.3) is 0 Å². The van der Waals surface area contributed by atoms with Crippen molar-refractivity contribution < 1.29 is 4.74 Å². The third-order valence-corrected chi connectivity index (χ3v) is 3.40. The van der Waals surface area contributed by atoms with Crippen LogP contribution < -0.4 is 10.2 Å². The fraction of sp³-hybridized carbons (Fsp3) is 0.667. The Balaban J connectivity index is 2.73. The summed E-state index contributed by atoms with van der Waals surface area (Å²) in [5, 5.41) is 4.13. The lowest BCUT2D eigenvalue weighted by Crippen LogP contribution is -2.28. The summed E-state index contributed by atoms with van der Waals surface area (Å²) < 4.78 is 5.13. The van der Waals surface area contributed by atoms with E-state index in [2.05, 4.69) is 42.0 Å². The number of halogens is 1. The lowest BCUT2D eigenvalue weighted by Gasteiger charge is -2.22. The van der Waals surface area contributed by atoms with Crippen molar-refractivity contribution in [1.29, 1.82) is 0 Å². The standard InChI is InChI=1S/C15H26ClN3O/c1-5-19(6-7-20-4)15-8-13(14(16)11-18-15)10-17-9-12(2)3/h8,11-12,17H,5-7,9-10H2,1-4H3. The molecular formula is C15H26ClN3O. The van der Waals surface area contributed by atoms with Gasteiger partial charge in [-0.1, -0.05) is 25.4 Å². The molecule has 0 atom stereocenters. The summed E-state index contributed by atoms with van der Waals surface area (Å²) in [6, 6.07) is 2.06. The van der Waals surface area contributed by atoms with Gasteiger partial charge in [0.05, 0.1) is 11.6 Å². The molecule has 1 heterocycles. The van der Waals surface area contributed by atoms with E-state index in [0.29, 0.717) is 17.5 Å². The SMILES string of the molecule is CCN(CCOC)c1cc(CNCC(C)C)c(Cl)cn1. The van der Waals surface area contributed by atoms with Gasteiger partial charge in [-0.05, 0) is 31.0 Å². The second-order valence-corrected chi connectivity index (χ2v) is 5.64. The number of rotatable bonds is 9. The average Bonchev–Trinajstić information content (AvgIpc) is 2.42. The zero-order chi connectivity index (χ0) is 15.0. The molecule has 5 heteroatoms. The number of ether oxygens (including phenoxy) is 1. The van der Waals surface area contributed by atoms with Gasteiger partial charge < -0.3 is 15.0 Å². The van der Waals surface area contributed by atoms with Crippen molar-refractivity contribution >= 4 is 17.4 Å². The predicted molar refractivity (Wildman–Crippen MR) is 85.6 cm³/mol. The Morgan fingerprint density at radius 1 is 1.45 bits per heavy atom. The fourth-order valence-corrected chi connectivity index (χ4v) is 2.08. The van der Waals surface area contributed by atoms with Gasteiger partial charge in [0.2, 0.25) is 0 Å². The highest BCUT2D eigenvalue weighted by Crippen LogP contribution is 2.20. The van der Waals surface area contributed by atoms with E-state index in [-0.39, 0.29) is 0 Å². The lowest BCUT2D eigenvalue weighted by molar-refractivity contribution is 0.205. The van der Waals surface area contributed by atoms with Crippen molar-refractivity contribution in [3.05, 3.63) is 22.8 Å². The summed E-state index contributed by atoms with van der Waals surface area (Å²) >= 11 is 6.22. The van der Waals surface area contributed by atoms with Gasteiger partial charge in [0.1, 0.15) is 5.82 Å². The van der Waals surface area contributed by atoms with E-state index >= 15 is 0 Å². The molecular weight excluding hydrogens is 274 g/mol. The molecule has 0 bridgehead atoms. The van der Waals surface area contributed by atoms with E-state index in [1.807, 2.05) is 0 Å². The summed E-state index contributed by atoms with van der Waals surface area (Å²) in [6.45, 7) is 10.7. The molecule has 0 spiro atoms. The zero-order valence-corrected chi connectivity index (χ0v) is 13.7. The summed E-state index contributed by atoms with van der Waals surface area (Å²) in [5.74, 6) is 1.58. The number of hydrogen-bond donors (Lipinski definition) is 1. The van der Waals surface area contributed by atoms with Gasteiger partial charge in [-0.3, -0.25) is 0 Å². The number of anilines is 1. The Morgan fingerprint density at radius 2 is 2.20 bits per heavy atom. The molecule has 0 unspecified atom stereocenters. The first-order chi connectivity index (χ1) is 9.58. The Kier molecular flexibility index (Phi) is 7.88. The smallest absolute Gasteiger partial charge is 0.128 e. The first-order valence-corrected chi connectivity index (χ1v) is 7.55. The van der Waals surface area contributed by atoms with Crippen molar-refractivity contribution in [2.45, 2.75) is 27.3 Å². The van der Waals surface area contributed by atoms with Crippen molar-refractivity contribution in [3.8, 4) is 0 Å². The Labute approximate surface area is 127 Å². The highest BCUT2D eigenvalue weighted by molar-refractivity contribution is 6.31. The maximum Gasteiger partial charge on any atom is 0.128 e. The number of aromatic nitrogens is 1. The number of methoxy groups -OCH3 is 1. The van der Waals surface area contributed by atoms with Crippen molar-refractivity contribution in [2.75, 3.05) is 38.3 Å². The van der Waals surface area contributed by atoms with Gasteiger partial charge in [0, 0.05) is 32.9 Å². The molecule has 20 heavy (non-hydrogen) atoms. The average molecular weight is 300 g/mol. The van der Waals surface area contributed by atoms with E-state index in [0.717, 1.165) is 37.6 Å². The van der Waals surface area contributed by atoms with Crippen molar-refractivity contribution in [2.24, 2.45) is 5.92 Å². The third kappa shape index (κ3) is 5.65. The van der Waals surface area contributed by atoms with Crippen LogP contribution in [-0.4, -0.2) is 38.3 Å². The van der Waals surface area contributed by atoms with Gasteiger partial charge in [-0.15, -0.1) is 0 Å². The molecule has 1 aromatic heterocycles. The van der Waals surface area contributed by atoms with Crippen LogP contribution in [0.5, 0.6) is 0 Å². The first-order valence-electron chi connectivity index (χ1n) is 7.17. The van der Waals surface area contributed by atoms with Crippen LogP contribution in [0.15, 0.2) is 12.3 Å². The quantitative estimate of drug-likeness (QED) is 0.761. The summed E-state index contributed by atoms with van der Waals surface area (Å²) in [5.41, 5.74) is 1.09. The maximum atomic E-state index is 6.22. The molecule has 0 saturated carbocycles. The van der Waals surface area contributed by atoms with Crippen LogP contribution in [0.4, 0.5) is 5.82 Å². The van der Waals surface area contributed by atoms with Crippen molar-refractivity contribution in [1.82, 2.24) is 10.3 Å². The molecule has 0 radical (unpaired) electrons. The number of likely N-dealkylation sites (N-methyl/N-ethyl adjacent to an activating group) is 1. The maximum absolute atomic E-state index is 6.22. The molecule has 0 aliphatic carbocycles. The number of hydrogen-bond acceptors (Lipinski definition) is 4.